The summed E-state index contributed by atoms with van der Waals surface area (Å²) in [6, 6.07) is 15.5. The van der Waals surface area contributed by atoms with Gasteiger partial charge in [-0.2, -0.15) is 5.26 Å². The highest BCUT2D eigenvalue weighted by molar-refractivity contribution is 5.49. The summed E-state index contributed by atoms with van der Waals surface area (Å²) in [4.78, 5) is 0. The molecule has 2 nitrogen and oxygen atoms in total. The minimum atomic E-state index is -0.553. The highest BCUT2D eigenvalue weighted by atomic mass is 19.1. The molecule has 0 fully saturated rings. The van der Waals surface area contributed by atoms with Crippen LogP contribution < -0.4 is 5.32 Å². The number of benzene rings is 2. The van der Waals surface area contributed by atoms with E-state index in [0.29, 0.717) is 5.69 Å². The van der Waals surface area contributed by atoms with Crippen molar-refractivity contribution in [2.45, 2.75) is 13.0 Å². The molecule has 3 heteroatoms. The average Bonchev–Trinajstić information content (AvgIpc) is 2.39. The fraction of sp³-hybridized carbons (Fsp3) is 0.133. The van der Waals surface area contributed by atoms with E-state index in [9.17, 15) is 9.65 Å². The molecule has 2 aromatic rings. The lowest BCUT2D eigenvalue weighted by Crippen LogP contribution is -2.10. The molecule has 0 saturated heterocycles. The van der Waals surface area contributed by atoms with Gasteiger partial charge in [0.1, 0.15) is 11.9 Å². The topological polar surface area (TPSA) is 35.8 Å². The van der Waals surface area contributed by atoms with Gasteiger partial charge in [-0.1, -0.05) is 36.4 Å². The molecule has 90 valence electrons. The Balaban J connectivity index is 2.30. The minimum Gasteiger partial charge on any atom is -0.364 e. The molecule has 0 spiro atoms. The first-order valence-corrected chi connectivity index (χ1v) is 5.68. The van der Waals surface area contributed by atoms with Crippen molar-refractivity contribution in [2.24, 2.45) is 0 Å². The van der Waals surface area contributed by atoms with Crippen LogP contribution in [0.1, 0.15) is 17.2 Å². The maximum absolute atomic E-state index is 13.5. The predicted molar refractivity (Wildman–Crippen MR) is 69.6 cm³/mol. The van der Waals surface area contributed by atoms with Crippen molar-refractivity contribution in [3.05, 3.63) is 65.5 Å². The van der Waals surface area contributed by atoms with E-state index in [1.54, 1.807) is 18.2 Å². The number of hydrogen-bond donors (Lipinski definition) is 1. The Morgan fingerprint density at radius 1 is 1.11 bits per heavy atom. The summed E-state index contributed by atoms with van der Waals surface area (Å²) in [6.07, 6.45) is 0. The second-order valence-electron chi connectivity index (χ2n) is 4.04. The first-order chi connectivity index (χ1) is 8.72. The maximum Gasteiger partial charge on any atom is 0.146 e. The van der Waals surface area contributed by atoms with Crippen LogP contribution in [0.3, 0.4) is 0 Å². The van der Waals surface area contributed by atoms with Gasteiger partial charge in [-0.05, 0) is 30.2 Å². The zero-order chi connectivity index (χ0) is 13.0. The molecule has 0 aromatic heterocycles. The quantitative estimate of drug-likeness (QED) is 0.885. The number of aryl methyl sites for hydroxylation is 1. The Hall–Kier alpha value is -2.34. The molecule has 0 radical (unpaired) electrons. The lowest BCUT2D eigenvalue weighted by Gasteiger charge is -2.15. The Labute approximate surface area is 106 Å². The third-order valence-electron chi connectivity index (χ3n) is 2.80. The molecule has 2 rings (SSSR count). The number of nitrogens with one attached hydrogen (secondary N) is 1. The molecule has 0 aliphatic rings. The van der Waals surface area contributed by atoms with Crippen molar-refractivity contribution in [3.8, 4) is 6.07 Å². The minimum absolute atomic E-state index is 0.340. The summed E-state index contributed by atoms with van der Waals surface area (Å²) in [5, 5.41) is 12.1. The number of halogens is 1. The van der Waals surface area contributed by atoms with Crippen LogP contribution in [0.15, 0.2) is 48.5 Å². The Bertz CT molecular complexity index is 587. The van der Waals surface area contributed by atoms with Crippen LogP contribution in [-0.4, -0.2) is 0 Å². The van der Waals surface area contributed by atoms with Crippen molar-refractivity contribution in [3.63, 3.8) is 0 Å². The van der Waals surface area contributed by atoms with Crippen molar-refractivity contribution in [1.29, 1.82) is 5.26 Å². The van der Waals surface area contributed by atoms with Crippen LogP contribution in [0, 0.1) is 24.1 Å². The van der Waals surface area contributed by atoms with E-state index in [4.69, 9.17) is 0 Å². The Kier molecular flexibility index (Phi) is 3.59. The van der Waals surface area contributed by atoms with Gasteiger partial charge in [0.2, 0.25) is 0 Å². The highest BCUT2D eigenvalue weighted by Crippen LogP contribution is 2.23. The fourth-order valence-corrected chi connectivity index (χ4v) is 1.82. The number of anilines is 1. The third kappa shape index (κ3) is 2.49. The van der Waals surface area contributed by atoms with Gasteiger partial charge < -0.3 is 5.32 Å². The van der Waals surface area contributed by atoms with Gasteiger partial charge in [-0.3, -0.25) is 0 Å². The monoisotopic (exact) mass is 240 g/mol. The summed E-state index contributed by atoms with van der Waals surface area (Å²) in [5.41, 5.74) is 2.21. The van der Waals surface area contributed by atoms with E-state index in [0.717, 1.165) is 11.1 Å². The van der Waals surface area contributed by atoms with Crippen molar-refractivity contribution >= 4 is 5.69 Å². The highest BCUT2D eigenvalue weighted by Gasteiger charge is 2.13. The molecular weight excluding hydrogens is 227 g/mol. The first kappa shape index (κ1) is 12.1. The van der Waals surface area contributed by atoms with E-state index in [-0.39, 0.29) is 5.82 Å². The maximum atomic E-state index is 13.5. The van der Waals surface area contributed by atoms with Crippen LogP contribution in [0.4, 0.5) is 10.1 Å². The Morgan fingerprint density at radius 2 is 1.78 bits per heavy atom. The lowest BCUT2D eigenvalue weighted by molar-refractivity contribution is 0.629. The van der Waals surface area contributed by atoms with Gasteiger partial charge in [0, 0.05) is 0 Å². The molecule has 2 aromatic carbocycles. The first-order valence-electron chi connectivity index (χ1n) is 5.68. The fourth-order valence-electron chi connectivity index (χ4n) is 1.82. The van der Waals surface area contributed by atoms with Gasteiger partial charge in [0.25, 0.3) is 0 Å². The molecule has 0 aliphatic carbocycles. The molecule has 1 unspecified atom stereocenters. The number of nitrogens with zero attached hydrogens (tertiary/aromatic N) is 1. The van der Waals surface area contributed by atoms with Crippen LogP contribution in [0.2, 0.25) is 0 Å². The summed E-state index contributed by atoms with van der Waals surface area (Å²) < 4.78 is 13.5. The predicted octanol–water partition coefficient (Wildman–Crippen LogP) is 3.81. The zero-order valence-electron chi connectivity index (χ0n) is 10.0. The number of nitriles is 1. The molecule has 0 saturated carbocycles. The van der Waals surface area contributed by atoms with Gasteiger partial charge in [-0.15, -0.1) is 0 Å². The van der Waals surface area contributed by atoms with Gasteiger partial charge in [-0.25, -0.2) is 4.39 Å². The van der Waals surface area contributed by atoms with E-state index < -0.39 is 6.04 Å². The van der Waals surface area contributed by atoms with Crippen molar-refractivity contribution in [2.75, 3.05) is 5.32 Å². The largest absolute Gasteiger partial charge is 0.364 e. The van der Waals surface area contributed by atoms with Gasteiger partial charge in [0.15, 0.2) is 0 Å². The van der Waals surface area contributed by atoms with Crippen LogP contribution in [0.25, 0.3) is 0 Å². The van der Waals surface area contributed by atoms with Gasteiger partial charge in [0.05, 0.1) is 11.8 Å². The molecule has 0 heterocycles. The molecule has 0 amide bonds. The lowest BCUT2D eigenvalue weighted by atomic mass is 10.0. The molecule has 1 atom stereocenters. The summed E-state index contributed by atoms with van der Waals surface area (Å²) >= 11 is 0. The molecule has 18 heavy (non-hydrogen) atoms. The van der Waals surface area contributed by atoms with Crippen molar-refractivity contribution in [1.82, 2.24) is 0 Å². The molecular formula is C15H13FN2. The molecule has 0 aliphatic heterocycles. The smallest absolute Gasteiger partial charge is 0.146 e. The standard InChI is InChI=1S/C15H13FN2/c1-11-6-2-3-7-12(11)15(10-17)18-14-9-5-4-8-13(14)16/h2-9,15,18H,1H3. The normalized spacial score (nSPS) is 11.6. The van der Waals surface area contributed by atoms with Crippen molar-refractivity contribution < 1.29 is 4.39 Å². The average molecular weight is 240 g/mol. The zero-order valence-corrected chi connectivity index (χ0v) is 10.0. The molecule has 0 bridgehead atoms. The van der Waals surface area contributed by atoms with Crippen LogP contribution in [0.5, 0.6) is 0 Å². The van der Waals surface area contributed by atoms with E-state index in [2.05, 4.69) is 11.4 Å². The second kappa shape index (κ2) is 5.33. The number of rotatable bonds is 3. The van der Waals surface area contributed by atoms with E-state index >= 15 is 0 Å². The summed E-state index contributed by atoms with van der Waals surface area (Å²) in [7, 11) is 0. The summed E-state index contributed by atoms with van der Waals surface area (Å²) in [6.45, 7) is 1.93. The third-order valence-corrected chi connectivity index (χ3v) is 2.80. The van der Waals surface area contributed by atoms with Crippen LogP contribution >= 0.6 is 0 Å². The molecule has 1 N–H and O–H groups in total. The van der Waals surface area contributed by atoms with E-state index in [1.807, 2.05) is 31.2 Å². The van der Waals surface area contributed by atoms with Gasteiger partial charge >= 0.3 is 0 Å². The number of hydrogen-bond acceptors (Lipinski definition) is 2. The number of para-hydroxylation sites is 1. The second-order valence-corrected chi connectivity index (χ2v) is 4.04. The SMILES string of the molecule is Cc1ccccc1C(C#N)Nc1ccccc1F. The van der Waals surface area contributed by atoms with E-state index in [1.165, 1.54) is 6.07 Å². The Morgan fingerprint density at radius 3 is 2.44 bits per heavy atom. The van der Waals surface area contributed by atoms with Crippen LogP contribution in [-0.2, 0) is 0 Å². The summed E-state index contributed by atoms with van der Waals surface area (Å²) in [5.74, 6) is -0.355.